The van der Waals surface area contributed by atoms with Crippen LogP contribution in [0.15, 0.2) is 199 Å². The average molecular weight is 737 g/mol. The number of para-hydroxylation sites is 1. The van der Waals surface area contributed by atoms with Crippen LogP contribution >= 0.6 is 11.3 Å². The van der Waals surface area contributed by atoms with Gasteiger partial charge in [0.2, 0.25) is 0 Å². The molecule has 0 amide bonds. The number of benzene rings is 8. The Hall–Kier alpha value is -6.79. The molecule has 5 heteroatoms. The number of nitrogens with zero attached hydrogens (tertiary/aromatic N) is 3. The molecular formula is C51H36N4S. The molecule has 1 unspecified atom stereocenters. The Bertz CT molecular complexity index is 3100. The Balaban J connectivity index is 0.972. The lowest BCUT2D eigenvalue weighted by atomic mass is 10.0. The second-order valence-corrected chi connectivity index (χ2v) is 15.5. The zero-order chi connectivity index (χ0) is 37.0. The molecule has 3 heterocycles. The summed E-state index contributed by atoms with van der Waals surface area (Å²) in [6.45, 7) is 0.595. The van der Waals surface area contributed by atoms with Crippen LogP contribution in [0, 0.1) is 0 Å². The van der Waals surface area contributed by atoms with Gasteiger partial charge in [0.05, 0.1) is 17.6 Å². The van der Waals surface area contributed by atoms with E-state index >= 15 is 0 Å². The number of rotatable bonds is 7. The minimum absolute atomic E-state index is 0.00801. The van der Waals surface area contributed by atoms with Crippen LogP contribution in [0.3, 0.4) is 0 Å². The molecule has 0 spiro atoms. The largest absolute Gasteiger partial charge is 0.309 e. The maximum absolute atomic E-state index is 5.23. The van der Waals surface area contributed by atoms with Crippen LogP contribution in [0.5, 0.6) is 0 Å². The predicted molar refractivity (Wildman–Crippen MR) is 235 cm³/mol. The number of amidine groups is 1. The summed E-state index contributed by atoms with van der Waals surface area (Å²) < 4.78 is 5.08. The molecule has 1 saturated heterocycles. The third kappa shape index (κ3) is 5.68. The van der Waals surface area contributed by atoms with E-state index in [0.717, 1.165) is 17.1 Å². The van der Waals surface area contributed by atoms with E-state index in [-0.39, 0.29) is 6.17 Å². The van der Waals surface area contributed by atoms with Crippen LogP contribution in [0.25, 0.3) is 69.9 Å². The first-order valence-electron chi connectivity index (χ1n) is 19.1. The normalized spacial score (nSPS) is 14.3. The molecule has 11 rings (SSSR count). The molecule has 1 N–H and O–H groups in total. The number of hydrogen-bond donors (Lipinski definition) is 1. The Morgan fingerprint density at radius 1 is 0.536 bits per heavy atom. The van der Waals surface area contributed by atoms with E-state index in [9.17, 15) is 0 Å². The fraction of sp³-hybridized carbons (Fsp3) is 0.0392. The van der Waals surface area contributed by atoms with E-state index in [0.29, 0.717) is 6.54 Å². The number of nitrogens with one attached hydrogen (secondary N) is 1. The van der Waals surface area contributed by atoms with Crippen molar-refractivity contribution in [2.45, 2.75) is 12.7 Å². The highest BCUT2D eigenvalue weighted by molar-refractivity contribution is 7.26. The van der Waals surface area contributed by atoms with E-state index in [4.69, 9.17) is 4.99 Å². The quantitative estimate of drug-likeness (QED) is 0.101. The second kappa shape index (κ2) is 13.5. The van der Waals surface area contributed by atoms with Crippen LogP contribution in [-0.4, -0.2) is 15.4 Å². The molecule has 0 bridgehead atoms. The first-order chi connectivity index (χ1) is 27.8. The van der Waals surface area contributed by atoms with Gasteiger partial charge in [-0.15, -0.1) is 11.3 Å². The first kappa shape index (κ1) is 32.6. The van der Waals surface area contributed by atoms with Crippen LogP contribution in [0.1, 0.15) is 22.9 Å². The molecule has 0 saturated carbocycles. The molecule has 0 aliphatic carbocycles. The monoisotopic (exact) mass is 736 g/mol. The van der Waals surface area contributed by atoms with Crippen molar-refractivity contribution in [2.24, 2.45) is 4.99 Å². The molecular weight excluding hydrogens is 701 g/mol. The number of fused-ring (bicyclic) bond motifs is 6. The van der Waals surface area contributed by atoms with Crippen molar-refractivity contribution >= 4 is 59.2 Å². The maximum atomic E-state index is 5.23. The van der Waals surface area contributed by atoms with Crippen LogP contribution in [0.2, 0.25) is 0 Å². The summed E-state index contributed by atoms with van der Waals surface area (Å²) >= 11 is 1.88. The van der Waals surface area contributed by atoms with Gasteiger partial charge in [0.15, 0.2) is 0 Å². The van der Waals surface area contributed by atoms with Crippen LogP contribution < -0.4 is 5.43 Å². The molecule has 2 aromatic heterocycles. The predicted octanol–water partition coefficient (Wildman–Crippen LogP) is 13.0. The molecule has 10 aromatic rings. The lowest BCUT2D eigenvalue weighted by Gasteiger charge is -2.12. The smallest absolute Gasteiger partial charge is 0.147 e. The van der Waals surface area contributed by atoms with Gasteiger partial charge in [-0.25, -0.2) is 5.43 Å². The fourth-order valence-corrected chi connectivity index (χ4v) is 9.50. The lowest BCUT2D eigenvalue weighted by molar-refractivity contribution is 0.717. The molecule has 266 valence electrons. The average Bonchev–Trinajstić information content (AvgIpc) is 3.86. The van der Waals surface area contributed by atoms with E-state index in [2.05, 4.69) is 209 Å². The van der Waals surface area contributed by atoms with Crippen molar-refractivity contribution in [3.63, 3.8) is 0 Å². The van der Waals surface area contributed by atoms with E-state index in [1.807, 2.05) is 11.3 Å². The number of hydrogen-bond acceptors (Lipinski definition) is 3. The van der Waals surface area contributed by atoms with Crippen molar-refractivity contribution in [1.82, 2.24) is 15.0 Å². The standard InChI is InChI=1S/C51H36N4S/c1-3-14-34(15-4-1)33-52-50(38-19-11-18-36(30-38)35-16-5-2-6-17-35)55-51(53-55)39-20-12-21-40(31-39)54-46-26-9-7-22-42(46)45-32-37(28-29-47(45)54)41-24-13-25-44-43-23-8-10-27-48(43)56-49(41)44/h1-32,51,53H,33H2. The van der Waals surface area contributed by atoms with Crippen LogP contribution in [0.4, 0.5) is 0 Å². The first-order valence-corrected chi connectivity index (χ1v) is 19.9. The van der Waals surface area contributed by atoms with Crippen LogP contribution in [-0.2, 0) is 6.54 Å². The Morgan fingerprint density at radius 3 is 2.14 bits per heavy atom. The van der Waals surface area contributed by atoms with Crippen molar-refractivity contribution in [1.29, 1.82) is 0 Å². The minimum atomic E-state index is -0.00801. The van der Waals surface area contributed by atoms with Crippen molar-refractivity contribution in [2.75, 3.05) is 0 Å². The molecule has 8 aromatic carbocycles. The van der Waals surface area contributed by atoms with E-state index in [1.165, 1.54) is 75.4 Å². The second-order valence-electron chi connectivity index (χ2n) is 14.4. The minimum Gasteiger partial charge on any atom is -0.309 e. The van der Waals surface area contributed by atoms with Crippen molar-refractivity contribution < 1.29 is 0 Å². The van der Waals surface area contributed by atoms with Gasteiger partial charge in [-0.2, -0.15) is 0 Å². The zero-order valence-corrected chi connectivity index (χ0v) is 31.3. The van der Waals surface area contributed by atoms with Gasteiger partial charge in [0, 0.05) is 42.2 Å². The van der Waals surface area contributed by atoms with Crippen molar-refractivity contribution in [3.05, 3.63) is 211 Å². The summed E-state index contributed by atoms with van der Waals surface area (Å²) in [4.78, 5) is 5.23. The van der Waals surface area contributed by atoms with Crippen molar-refractivity contribution in [3.8, 4) is 27.9 Å². The molecule has 1 aliphatic rings. The van der Waals surface area contributed by atoms with Gasteiger partial charge >= 0.3 is 0 Å². The van der Waals surface area contributed by atoms with E-state index in [1.54, 1.807) is 0 Å². The fourth-order valence-electron chi connectivity index (χ4n) is 8.26. The third-order valence-corrected chi connectivity index (χ3v) is 12.2. The summed E-state index contributed by atoms with van der Waals surface area (Å²) in [5.41, 5.74) is 15.5. The SMILES string of the molecule is c1ccc(CN=C(c2cccc(-c3ccccc3)c2)N2NC2c2cccc(-n3c4ccccc4c4cc(-c5cccc6c5sc5ccccc56)ccc43)c2)cc1. The maximum Gasteiger partial charge on any atom is 0.147 e. The van der Waals surface area contributed by atoms with E-state index < -0.39 is 0 Å². The summed E-state index contributed by atoms with van der Waals surface area (Å²) in [5.74, 6) is 0.931. The topological polar surface area (TPSA) is 42.2 Å². The number of aromatic nitrogens is 1. The highest BCUT2D eigenvalue weighted by Gasteiger charge is 2.38. The summed E-state index contributed by atoms with van der Waals surface area (Å²) in [6, 6.07) is 69.9. The van der Waals surface area contributed by atoms with Gasteiger partial charge in [-0.05, 0) is 75.8 Å². The molecule has 0 radical (unpaired) electrons. The summed E-state index contributed by atoms with van der Waals surface area (Å²) in [7, 11) is 0. The number of thiophene rings is 1. The highest BCUT2D eigenvalue weighted by Crippen LogP contribution is 2.42. The van der Waals surface area contributed by atoms with Gasteiger partial charge in [-0.1, -0.05) is 152 Å². The lowest BCUT2D eigenvalue weighted by Crippen LogP contribution is -2.16. The van der Waals surface area contributed by atoms with Gasteiger partial charge in [-0.3, -0.25) is 10.0 Å². The number of hydrazine groups is 1. The van der Waals surface area contributed by atoms with Gasteiger partial charge in [0.25, 0.3) is 0 Å². The summed E-state index contributed by atoms with van der Waals surface area (Å²) in [5, 5.41) is 7.35. The third-order valence-electron chi connectivity index (χ3n) is 11.0. The summed E-state index contributed by atoms with van der Waals surface area (Å²) in [6.07, 6.45) is -0.00801. The Labute approximate surface area is 329 Å². The highest BCUT2D eigenvalue weighted by atomic mass is 32.1. The Morgan fingerprint density at radius 2 is 1.25 bits per heavy atom. The molecule has 4 nitrogen and oxygen atoms in total. The molecule has 1 aliphatic heterocycles. The Kier molecular flexibility index (Phi) is 7.87. The van der Waals surface area contributed by atoms with Gasteiger partial charge < -0.3 is 4.57 Å². The number of aliphatic imine (C=N–C) groups is 1. The van der Waals surface area contributed by atoms with Gasteiger partial charge in [0.1, 0.15) is 12.0 Å². The molecule has 56 heavy (non-hydrogen) atoms. The molecule has 1 atom stereocenters. The molecule has 1 fully saturated rings. The zero-order valence-electron chi connectivity index (χ0n) is 30.5.